The van der Waals surface area contributed by atoms with Crippen LogP contribution < -0.4 is 9.46 Å². The van der Waals surface area contributed by atoms with E-state index in [1.807, 2.05) is 0 Å². The van der Waals surface area contributed by atoms with Gasteiger partial charge in [-0.1, -0.05) is 11.6 Å². The van der Waals surface area contributed by atoms with Gasteiger partial charge >= 0.3 is 5.97 Å². The van der Waals surface area contributed by atoms with Gasteiger partial charge in [-0.3, -0.25) is 4.72 Å². The van der Waals surface area contributed by atoms with Crippen LogP contribution >= 0.6 is 22.9 Å². The fourth-order valence-electron chi connectivity index (χ4n) is 1.60. The second kappa shape index (κ2) is 5.92. The quantitative estimate of drug-likeness (QED) is 0.867. The van der Waals surface area contributed by atoms with Gasteiger partial charge in [-0.15, -0.1) is 11.3 Å². The Balaban J connectivity index is 2.38. The Morgan fingerprint density at radius 1 is 1.38 bits per heavy atom. The number of carboxylic acid groups (broad SMARTS) is 1. The van der Waals surface area contributed by atoms with Gasteiger partial charge in [0.1, 0.15) is 15.5 Å². The number of anilines is 1. The van der Waals surface area contributed by atoms with E-state index in [4.69, 9.17) is 21.4 Å². The highest BCUT2D eigenvalue weighted by molar-refractivity contribution is 7.93. The molecule has 112 valence electrons. The number of thiophene rings is 1. The molecule has 2 aromatic rings. The molecule has 6 nitrogen and oxygen atoms in total. The Hall–Kier alpha value is -1.77. The third-order valence-corrected chi connectivity index (χ3v) is 5.28. The van der Waals surface area contributed by atoms with Gasteiger partial charge in [0.15, 0.2) is 0 Å². The average Bonchev–Trinajstić information content (AvgIpc) is 2.91. The average molecular weight is 348 g/mol. The van der Waals surface area contributed by atoms with Crippen molar-refractivity contribution in [1.29, 1.82) is 0 Å². The summed E-state index contributed by atoms with van der Waals surface area (Å²) < 4.78 is 31.8. The molecule has 1 heterocycles. The number of hydrogen-bond acceptors (Lipinski definition) is 5. The minimum atomic E-state index is -4.00. The molecule has 0 fully saturated rings. The highest BCUT2D eigenvalue weighted by Gasteiger charge is 2.24. The van der Waals surface area contributed by atoms with E-state index in [1.165, 1.54) is 36.8 Å². The molecule has 0 radical (unpaired) electrons. The first-order valence-corrected chi connectivity index (χ1v) is 8.26. The van der Waals surface area contributed by atoms with E-state index >= 15 is 0 Å². The number of aromatic carboxylic acids is 1. The topological polar surface area (TPSA) is 92.7 Å². The van der Waals surface area contributed by atoms with Gasteiger partial charge in [-0.05, 0) is 23.6 Å². The lowest BCUT2D eigenvalue weighted by Crippen LogP contribution is -2.15. The normalized spacial score (nSPS) is 11.1. The second-order valence-electron chi connectivity index (χ2n) is 3.87. The number of methoxy groups -OCH3 is 1. The van der Waals surface area contributed by atoms with E-state index in [9.17, 15) is 13.2 Å². The number of nitrogens with one attached hydrogen (secondary N) is 1. The van der Waals surface area contributed by atoms with Crippen molar-refractivity contribution in [3.8, 4) is 5.75 Å². The van der Waals surface area contributed by atoms with E-state index in [2.05, 4.69) is 4.72 Å². The first kappa shape index (κ1) is 15.6. The van der Waals surface area contributed by atoms with Gasteiger partial charge in [0.05, 0.1) is 17.8 Å². The zero-order chi connectivity index (χ0) is 15.6. The minimum absolute atomic E-state index is 0.221. The maximum Gasteiger partial charge on any atom is 0.347 e. The van der Waals surface area contributed by atoms with Crippen molar-refractivity contribution >= 4 is 44.6 Å². The summed E-state index contributed by atoms with van der Waals surface area (Å²) in [6.07, 6.45) is 0. The SMILES string of the molecule is COc1cc(NS(=O)(=O)c2ccsc2C(=O)O)ccc1Cl. The van der Waals surface area contributed by atoms with Crippen molar-refractivity contribution in [2.45, 2.75) is 4.90 Å². The predicted molar refractivity (Wildman–Crippen MR) is 80.1 cm³/mol. The number of ether oxygens (including phenoxy) is 1. The van der Waals surface area contributed by atoms with Crippen LogP contribution in [-0.2, 0) is 10.0 Å². The Labute approximate surface area is 130 Å². The summed E-state index contributed by atoms with van der Waals surface area (Å²) in [5, 5.41) is 10.7. The van der Waals surface area contributed by atoms with Crippen molar-refractivity contribution in [1.82, 2.24) is 0 Å². The van der Waals surface area contributed by atoms with Crippen LogP contribution in [0.3, 0.4) is 0 Å². The van der Waals surface area contributed by atoms with Gasteiger partial charge < -0.3 is 9.84 Å². The molecule has 21 heavy (non-hydrogen) atoms. The standard InChI is InChI=1S/C12H10ClNO5S2/c1-19-9-6-7(2-3-8(9)13)14-21(17,18)10-4-5-20-11(10)12(15)16/h2-6,14H,1H3,(H,15,16). The lowest BCUT2D eigenvalue weighted by atomic mass is 10.3. The van der Waals surface area contributed by atoms with Gasteiger partial charge in [0.2, 0.25) is 0 Å². The Bertz CT molecular complexity index is 785. The van der Waals surface area contributed by atoms with E-state index in [-0.39, 0.29) is 15.5 Å². The molecule has 0 saturated carbocycles. The molecule has 0 unspecified atom stereocenters. The third-order valence-electron chi connectivity index (χ3n) is 2.52. The van der Waals surface area contributed by atoms with E-state index < -0.39 is 16.0 Å². The van der Waals surface area contributed by atoms with Crippen LogP contribution in [-0.4, -0.2) is 26.6 Å². The molecule has 1 aromatic heterocycles. The molecule has 1 aromatic carbocycles. The highest BCUT2D eigenvalue weighted by atomic mass is 35.5. The number of benzene rings is 1. The lowest BCUT2D eigenvalue weighted by molar-refractivity contribution is 0.0698. The molecule has 0 aliphatic heterocycles. The molecular formula is C12H10ClNO5S2. The molecule has 0 amide bonds. The molecule has 0 saturated heterocycles. The van der Waals surface area contributed by atoms with Crippen LogP contribution in [0.25, 0.3) is 0 Å². The van der Waals surface area contributed by atoms with E-state index in [0.29, 0.717) is 10.8 Å². The van der Waals surface area contributed by atoms with Crippen molar-refractivity contribution in [2.24, 2.45) is 0 Å². The molecule has 2 N–H and O–H groups in total. The molecule has 0 spiro atoms. The summed E-state index contributed by atoms with van der Waals surface area (Å²) in [5.41, 5.74) is 0.221. The third kappa shape index (κ3) is 3.29. The summed E-state index contributed by atoms with van der Waals surface area (Å²) in [5.74, 6) is -0.986. The monoisotopic (exact) mass is 347 g/mol. The summed E-state index contributed by atoms with van der Waals surface area (Å²) in [6, 6.07) is 5.58. The van der Waals surface area contributed by atoms with Gasteiger partial charge in [-0.25, -0.2) is 13.2 Å². The fraction of sp³-hybridized carbons (Fsp3) is 0.0833. The van der Waals surface area contributed by atoms with Gasteiger partial charge in [0.25, 0.3) is 10.0 Å². The molecule has 0 atom stereocenters. The molecule has 0 aliphatic carbocycles. The van der Waals surface area contributed by atoms with Crippen molar-refractivity contribution in [2.75, 3.05) is 11.8 Å². The summed E-state index contributed by atoms with van der Waals surface area (Å²) >= 11 is 6.70. The lowest BCUT2D eigenvalue weighted by Gasteiger charge is -2.10. The minimum Gasteiger partial charge on any atom is -0.495 e. The summed E-state index contributed by atoms with van der Waals surface area (Å²) in [4.78, 5) is 10.5. The van der Waals surface area contributed by atoms with Crippen LogP contribution in [0.4, 0.5) is 5.69 Å². The highest BCUT2D eigenvalue weighted by Crippen LogP contribution is 2.30. The molecule has 9 heteroatoms. The molecule has 0 aliphatic rings. The maximum absolute atomic E-state index is 12.2. The zero-order valence-electron chi connectivity index (χ0n) is 10.7. The maximum atomic E-state index is 12.2. The van der Waals surface area contributed by atoms with Crippen LogP contribution in [0, 0.1) is 0 Å². The molecule has 0 bridgehead atoms. The smallest absolute Gasteiger partial charge is 0.347 e. The van der Waals surface area contributed by atoms with Crippen molar-refractivity contribution in [3.63, 3.8) is 0 Å². The number of hydrogen-bond donors (Lipinski definition) is 2. The zero-order valence-corrected chi connectivity index (χ0v) is 13.1. The van der Waals surface area contributed by atoms with Crippen molar-refractivity contribution < 1.29 is 23.1 Å². The van der Waals surface area contributed by atoms with Crippen LogP contribution in [0.2, 0.25) is 5.02 Å². The number of halogens is 1. The first-order chi connectivity index (χ1) is 9.85. The number of sulfonamides is 1. The van der Waals surface area contributed by atoms with E-state index in [1.54, 1.807) is 0 Å². The summed E-state index contributed by atoms with van der Waals surface area (Å²) in [7, 11) is -2.60. The van der Waals surface area contributed by atoms with Crippen LogP contribution in [0.1, 0.15) is 9.67 Å². The fourth-order valence-corrected chi connectivity index (χ4v) is 4.10. The van der Waals surface area contributed by atoms with E-state index in [0.717, 1.165) is 11.3 Å². The largest absolute Gasteiger partial charge is 0.495 e. The summed E-state index contributed by atoms with van der Waals surface area (Å²) in [6.45, 7) is 0. The van der Waals surface area contributed by atoms with Gasteiger partial charge in [0, 0.05) is 6.07 Å². The number of carbonyl (C=O) groups is 1. The van der Waals surface area contributed by atoms with Crippen LogP contribution in [0.5, 0.6) is 5.75 Å². The van der Waals surface area contributed by atoms with Crippen LogP contribution in [0.15, 0.2) is 34.5 Å². The Morgan fingerprint density at radius 3 is 2.71 bits per heavy atom. The molecular weight excluding hydrogens is 338 g/mol. The second-order valence-corrected chi connectivity index (χ2v) is 6.85. The number of carboxylic acids is 1. The first-order valence-electron chi connectivity index (χ1n) is 5.52. The predicted octanol–water partition coefficient (Wildman–Crippen LogP) is 2.91. The Kier molecular flexibility index (Phi) is 4.40. The Morgan fingerprint density at radius 2 is 2.10 bits per heavy atom. The van der Waals surface area contributed by atoms with Crippen molar-refractivity contribution in [3.05, 3.63) is 39.5 Å². The van der Waals surface area contributed by atoms with Gasteiger partial charge in [-0.2, -0.15) is 0 Å². The number of rotatable bonds is 5. The molecule has 2 rings (SSSR count).